The number of hydrogen-bond donors (Lipinski definition) is 1. The van der Waals surface area contributed by atoms with E-state index in [1.165, 1.54) is 0 Å². The molecular formula is C20H15ClN2O3. The van der Waals surface area contributed by atoms with Crippen LogP contribution in [-0.4, -0.2) is 21.1 Å². The summed E-state index contributed by atoms with van der Waals surface area (Å²) in [5.41, 5.74) is 4.17. The molecule has 0 saturated carbocycles. The second-order valence-electron chi connectivity index (χ2n) is 6.07. The van der Waals surface area contributed by atoms with Crippen LogP contribution in [0.2, 0.25) is 5.02 Å². The lowest BCUT2D eigenvalue weighted by atomic mass is 10.0. The van der Waals surface area contributed by atoms with Gasteiger partial charge in [0.2, 0.25) is 0 Å². The fourth-order valence-electron chi connectivity index (χ4n) is 3.38. The Morgan fingerprint density at radius 2 is 1.88 bits per heavy atom. The predicted molar refractivity (Wildman–Crippen MR) is 100 cm³/mol. The number of phenolic OH excluding ortho intramolecular Hbond substituents is 1. The average Bonchev–Trinajstić information content (AvgIpc) is 3.13. The van der Waals surface area contributed by atoms with Gasteiger partial charge in [0.25, 0.3) is 0 Å². The molecule has 0 saturated heterocycles. The highest BCUT2D eigenvalue weighted by atomic mass is 35.5. The van der Waals surface area contributed by atoms with Crippen LogP contribution >= 0.6 is 11.6 Å². The maximum absolute atomic E-state index is 12.0. The number of aryl methyl sites for hydroxylation is 2. The molecule has 2 heterocycles. The fourth-order valence-corrected chi connectivity index (χ4v) is 3.65. The molecule has 0 amide bonds. The number of carbonyl (C=O) groups is 1. The lowest BCUT2D eigenvalue weighted by Crippen LogP contribution is -1.99. The van der Waals surface area contributed by atoms with Gasteiger partial charge in [-0.1, -0.05) is 22.8 Å². The highest BCUT2D eigenvalue weighted by molar-refractivity contribution is 6.37. The summed E-state index contributed by atoms with van der Waals surface area (Å²) in [6.07, 6.45) is 0.812. The number of benzene rings is 2. The number of aromatic hydroxyl groups is 1. The molecule has 130 valence electrons. The van der Waals surface area contributed by atoms with Crippen molar-refractivity contribution >= 4 is 28.8 Å². The number of phenols is 1. The zero-order chi connectivity index (χ0) is 18.4. The van der Waals surface area contributed by atoms with Crippen LogP contribution in [0.4, 0.5) is 0 Å². The number of halogens is 1. The third-order valence-corrected chi connectivity index (χ3v) is 4.79. The van der Waals surface area contributed by atoms with Crippen molar-refractivity contribution in [2.75, 3.05) is 0 Å². The normalized spacial score (nSPS) is 11.2. The molecule has 0 aliphatic rings. The van der Waals surface area contributed by atoms with Crippen molar-refractivity contribution in [2.45, 2.75) is 13.8 Å². The van der Waals surface area contributed by atoms with E-state index in [2.05, 4.69) is 5.16 Å². The van der Waals surface area contributed by atoms with Gasteiger partial charge in [0.05, 0.1) is 33.1 Å². The molecule has 4 rings (SSSR count). The molecule has 0 radical (unpaired) electrons. The first-order valence-corrected chi connectivity index (χ1v) is 8.41. The van der Waals surface area contributed by atoms with E-state index in [9.17, 15) is 9.90 Å². The average molecular weight is 367 g/mol. The van der Waals surface area contributed by atoms with Crippen molar-refractivity contribution in [1.82, 2.24) is 9.72 Å². The molecule has 0 fully saturated rings. The molecule has 1 N–H and O–H groups in total. The summed E-state index contributed by atoms with van der Waals surface area (Å²) in [4.78, 5) is 12.0. The Kier molecular flexibility index (Phi) is 3.81. The standard InChI is InChI=1S/C20H15ClN2O3/c1-11-18(12(2)26-22-11)20-15(10-24)19-16(21)4-3-5-17(19)23(20)13-6-8-14(25)9-7-13/h3-10,25H,1-2H3. The summed E-state index contributed by atoms with van der Waals surface area (Å²) >= 11 is 6.43. The SMILES string of the molecule is Cc1noc(C)c1-c1c(C=O)c2c(Cl)cccc2n1-c1ccc(O)cc1. The number of rotatable bonds is 3. The van der Waals surface area contributed by atoms with Gasteiger partial charge in [-0.15, -0.1) is 0 Å². The number of nitrogens with zero attached hydrogens (tertiary/aromatic N) is 2. The summed E-state index contributed by atoms with van der Waals surface area (Å²) in [6, 6.07) is 12.3. The monoisotopic (exact) mass is 366 g/mol. The topological polar surface area (TPSA) is 68.3 Å². The van der Waals surface area contributed by atoms with E-state index in [1.807, 2.05) is 30.5 Å². The molecule has 2 aromatic heterocycles. The van der Waals surface area contributed by atoms with Gasteiger partial charge in [0.1, 0.15) is 11.5 Å². The summed E-state index contributed by atoms with van der Waals surface area (Å²) in [5.74, 6) is 0.780. The van der Waals surface area contributed by atoms with E-state index in [0.29, 0.717) is 33.1 Å². The molecule has 0 bridgehead atoms. The van der Waals surface area contributed by atoms with Crippen LogP contribution in [0.3, 0.4) is 0 Å². The molecule has 2 aromatic carbocycles. The molecule has 0 spiro atoms. The fraction of sp³-hybridized carbons (Fsp3) is 0.100. The number of fused-ring (bicyclic) bond motifs is 1. The van der Waals surface area contributed by atoms with E-state index in [-0.39, 0.29) is 5.75 Å². The summed E-state index contributed by atoms with van der Waals surface area (Å²) in [5, 5.41) is 14.8. The quantitative estimate of drug-likeness (QED) is 0.514. The van der Waals surface area contributed by atoms with Gasteiger partial charge in [-0.2, -0.15) is 0 Å². The number of aromatic nitrogens is 2. The molecule has 0 unspecified atom stereocenters. The van der Waals surface area contributed by atoms with Crippen LogP contribution in [-0.2, 0) is 0 Å². The van der Waals surface area contributed by atoms with Gasteiger partial charge in [-0.25, -0.2) is 0 Å². The van der Waals surface area contributed by atoms with Crippen molar-refractivity contribution < 1.29 is 14.4 Å². The number of carbonyl (C=O) groups excluding carboxylic acids is 1. The Labute approximate surface area is 154 Å². The van der Waals surface area contributed by atoms with Gasteiger partial charge in [-0.05, 0) is 50.2 Å². The highest BCUT2D eigenvalue weighted by Crippen LogP contribution is 2.41. The second-order valence-corrected chi connectivity index (χ2v) is 6.47. The number of hydrogen-bond acceptors (Lipinski definition) is 4. The Bertz CT molecular complexity index is 1120. The van der Waals surface area contributed by atoms with Crippen LogP contribution in [0.1, 0.15) is 21.8 Å². The zero-order valence-corrected chi connectivity index (χ0v) is 14.9. The van der Waals surface area contributed by atoms with Crippen molar-refractivity contribution in [3.8, 4) is 22.7 Å². The van der Waals surface area contributed by atoms with E-state index >= 15 is 0 Å². The molecule has 4 aromatic rings. The molecule has 0 atom stereocenters. The number of aldehydes is 1. The first kappa shape index (κ1) is 16.4. The molecular weight excluding hydrogens is 352 g/mol. The lowest BCUT2D eigenvalue weighted by Gasteiger charge is -2.11. The Morgan fingerprint density at radius 1 is 1.15 bits per heavy atom. The first-order chi connectivity index (χ1) is 12.5. The van der Waals surface area contributed by atoms with Gasteiger partial charge in [0.15, 0.2) is 6.29 Å². The third-order valence-electron chi connectivity index (χ3n) is 4.48. The van der Waals surface area contributed by atoms with Crippen molar-refractivity contribution in [3.05, 3.63) is 64.5 Å². The van der Waals surface area contributed by atoms with Gasteiger partial charge in [0, 0.05) is 11.1 Å². The lowest BCUT2D eigenvalue weighted by molar-refractivity contribution is 0.112. The Morgan fingerprint density at radius 3 is 2.50 bits per heavy atom. The van der Waals surface area contributed by atoms with Crippen LogP contribution in [0.15, 0.2) is 47.0 Å². The van der Waals surface area contributed by atoms with Crippen LogP contribution < -0.4 is 0 Å². The van der Waals surface area contributed by atoms with E-state index < -0.39 is 0 Å². The minimum absolute atomic E-state index is 0.165. The Hall–Kier alpha value is -3.05. The first-order valence-electron chi connectivity index (χ1n) is 8.03. The summed E-state index contributed by atoms with van der Waals surface area (Å²) in [7, 11) is 0. The minimum atomic E-state index is 0.165. The van der Waals surface area contributed by atoms with Gasteiger partial charge < -0.3 is 14.2 Å². The molecule has 0 aliphatic heterocycles. The van der Waals surface area contributed by atoms with Crippen molar-refractivity contribution in [2.24, 2.45) is 0 Å². The molecule has 5 nitrogen and oxygen atoms in total. The van der Waals surface area contributed by atoms with Crippen molar-refractivity contribution in [1.29, 1.82) is 0 Å². The Balaban J connectivity index is 2.22. The van der Waals surface area contributed by atoms with Crippen LogP contribution in [0, 0.1) is 13.8 Å². The van der Waals surface area contributed by atoms with E-state index in [4.69, 9.17) is 16.1 Å². The zero-order valence-electron chi connectivity index (χ0n) is 14.2. The molecule has 26 heavy (non-hydrogen) atoms. The van der Waals surface area contributed by atoms with Crippen molar-refractivity contribution in [3.63, 3.8) is 0 Å². The second kappa shape index (κ2) is 6.04. The van der Waals surface area contributed by atoms with Gasteiger partial charge in [-0.3, -0.25) is 4.79 Å². The van der Waals surface area contributed by atoms with E-state index in [0.717, 1.165) is 23.1 Å². The molecule has 6 heteroatoms. The maximum Gasteiger partial charge on any atom is 0.152 e. The third kappa shape index (κ3) is 2.32. The van der Waals surface area contributed by atoms with Crippen LogP contribution in [0.25, 0.3) is 27.8 Å². The van der Waals surface area contributed by atoms with Crippen LogP contribution in [0.5, 0.6) is 5.75 Å². The summed E-state index contributed by atoms with van der Waals surface area (Å²) in [6.45, 7) is 3.64. The molecule has 0 aliphatic carbocycles. The largest absolute Gasteiger partial charge is 0.508 e. The van der Waals surface area contributed by atoms with E-state index in [1.54, 1.807) is 30.3 Å². The highest BCUT2D eigenvalue weighted by Gasteiger charge is 2.25. The minimum Gasteiger partial charge on any atom is -0.508 e. The maximum atomic E-state index is 12.0. The van der Waals surface area contributed by atoms with Gasteiger partial charge >= 0.3 is 0 Å². The smallest absolute Gasteiger partial charge is 0.152 e. The predicted octanol–water partition coefficient (Wildman–Crippen LogP) is 5.07. The summed E-state index contributed by atoms with van der Waals surface area (Å²) < 4.78 is 7.27.